The Balaban J connectivity index is 1.43. The molecule has 2 aromatic rings. The zero-order valence-electron chi connectivity index (χ0n) is 21.6. The molecule has 3 aliphatic heterocycles. The molecule has 4 heterocycles. The summed E-state index contributed by atoms with van der Waals surface area (Å²) in [6.45, 7) is 2.92. The first-order valence-corrected chi connectivity index (χ1v) is 13.9. The molecule has 3 fully saturated rings. The number of nitrogens with zero attached hydrogens (tertiary/aromatic N) is 4. The van der Waals surface area contributed by atoms with Crippen molar-refractivity contribution >= 4 is 17.7 Å². The van der Waals surface area contributed by atoms with Crippen LogP contribution in [0.25, 0.3) is 11.3 Å². The fourth-order valence-corrected chi connectivity index (χ4v) is 6.88. The molecule has 11 nitrogen and oxygen atoms in total. The van der Waals surface area contributed by atoms with Crippen molar-refractivity contribution in [2.45, 2.75) is 60.4 Å². The van der Waals surface area contributed by atoms with Gasteiger partial charge in [-0.1, -0.05) is 12.1 Å². The van der Waals surface area contributed by atoms with Crippen molar-refractivity contribution in [1.82, 2.24) is 19.9 Å². The average Bonchev–Trinajstić information content (AvgIpc) is 3.39. The van der Waals surface area contributed by atoms with Crippen molar-refractivity contribution in [2.75, 3.05) is 32.9 Å². The minimum absolute atomic E-state index is 0.0649. The van der Waals surface area contributed by atoms with Crippen LogP contribution in [0.4, 0.5) is 13.2 Å². The Kier molecular flexibility index (Phi) is 8.44. The number of carbonyl (C=O) groups excluding carboxylic acids is 1. The highest BCUT2D eigenvalue weighted by Gasteiger charge is 2.52. The Morgan fingerprint density at radius 2 is 1.82 bits per heavy atom. The molecular weight excluding hydrogens is 557 g/mol. The molecule has 4 N–H and O–H groups in total. The number of ether oxygens (including phenoxy) is 2. The van der Waals surface area contributed by atoms with E-state index < -0.39 is 64.7 Å². The van der Waals surface area contributed by atoms with Crippen LogP contribution in [-0.4, -0.2) is 114 Å². The summed E-state index contributed by atoms with van der Waals surface area (Å²) >= 11 is 0.901. The predicted molar refractivity (Wildman–Crippen MR) is 134 cm³/mol. The summed E-state index contributed by atoms with van der Waals surface area (Å²) in [4.78, 5) is 15.1. The normalized spacial score (nSPS) is 29.7. The van der Waals surface area contributed by atoms with E-state index in [0.29, 0.717) is 19.0 Å². The van der Waals surface area contributed by atoms with Gasteiger partial charge in [0.1, 0.15) is 40.7 Å². The number of hydrogen-bond donors (Lipinski definition) is 4. The summed E-state index contributed by atoms with van der Waals surface area (Å²) in [6, 6.07) is 0.212. The Bertz CT molecular complexity index is 1200. The van der Waals surface area contributed by atoms with Crippen LogP contribution < -0.4 is 0 Å². The minimum Gasteiger partial charge on any atom is -0.394 e. The summed E-state index contributed by atoms with van der Waals surface area (Å²) in [7, 11) is 0. The lowest BCUT2D eigenvalue weighted by atomic mass is 9.88. The number of aliphatic hydroxyl groups is 4. The lowest BCUT2D eigenvalue weighted by Gasteiger charge is -2.47. The molecule has 0 bridgehead atoms. The molecule has 0 radical (unpaired) electrons. The van der Waals surface area contributed by atoms with Crippen molar-refractivity contribution in [3.63, 3.8) is 0 Å². The number of carbonyl (C=O) groups is 1. The monoisotopic (exact) mass is 588 g/mol. The van der Waals surface area contributed by atoms with Crippen LogP contribution in [0, 0.1) is 23.4 Å². The van der Waals surface area contributed by atoms with E-state index in [2.05, 4.69) is 10.3 Å². The third kappa shape index (κ3) is 5.47. The first-order chi connectivity index (χ1) is 19.0. The fraction of sp³-hybridized carbons (Fsp3) is 0.640. The van der Waals surface area contributed by atoms with Crippen LogP contribution >= 0.6 is 11.8 Å². The number of rotatable bonds is 7. The quantitative estimate of drug-likeness (QED) is 0.336. The van der Waals surface area contributed by atoms with Gasteiger partial charge in [0.15, 0.2) is 17.5 Å². The standard InChI is InChI=1S/C25H31F3N4O7S/c1-12-8-31(9-12)23(36)22(25(37)2-4-38-5-3-25)40-24-21(35)19(20(34)17(11-33)39-24)32-10-16(29-30-32)13-6-14(26)18(28)15(27)7-13/h6-7,10,12,17,19-22,24,33-35,37H,2-5,8-9,11H2,1H3/t17-,19+,20+,21-,22?,24+/m1/s1. The van der Waals surface area contributed by atoms with Gasteiger partial charge in [-0.25, -0.2) is 17.9 Å². The number of hydrogen-bond acceptors (Lipinski definition) is 10. The van der Waals surface area contributed by atoms with Crippen LogP contribution in [0.15, 0.2) is 18.3 Å². The van der Waals surface area contributed by atoms with Crippen LogP contribution in [0.1, 0.15) is 25.8 Å². The van der Waals surface area contributed by atoms with Gasteiger partial charge >= 0.3 is 0 Å². The summed E-state index contributed by atoms with van der Waals surface area (Å²) < 4.78 is 53.2. The molecule has 1 aromatic heterocycles. The summed E-state index contributed by atoms with van der Waals surface area (Å²) in [5.74, 6) is -4.48. The van der Waals surface area contributed by atoms with Gasteiger partial charge in [-0.05, 0) is 18.1 Å². The Labute approximate surface area is 231 Å². The molecule has 1 aromatic carbocycles. The maximum Gasteiger partial charge on any atom is 0.238 e. The molecule has 3 aliphatic rings. The zero-order chi connectivity index (χ0) is 28.8. The van der Waals surface area contributed by atoms with Crippen LogP contribution in [0.3, 0.4) is 0 Å². The molecule has 0 spiro atoms. The highest BCUT2D eigenvalue weighted by molar-refractivity contribution is 8.01. The van der Waals surface area contributed by atoms with Gasteiger partial charge in [-0.15, -0.1) is 16.9 Å². The number of thioether (sulfide) groups is 1. The lowest BCUT2D eigenvalue weighted by molar-refractivity contribution is -0.179. The van der Waals surface area contributed by atoms with Gasteiger partial charge in [0, 0.05) is 44.7 Å². The van der Waals surface area contributed by atoms with Crippen LogP contribution in [0.2, 0.25) is 0 Å². The number of aromatic nitrogens is 3. The summed E-state index contributed by atoms with van der Waals surface area (Å²) in [6.07, 6.45) is -2.63. The molecule has 15 heteroatoms. The van der Waals surface area contributed by atoms with Crippen LogP contribution in [0.5, 0.6) is 0 Å². The second-order valence-corrected chi connectivity index (χ2v) is 11.8. The van der Waals surface area contributed by atoms with E-state index in [1.807, 2.05) is 6.92 Å². The van der Waals surface area contributed by atoms with Gasteiger partial charge in [-0.2, -0.15) is 0 Å². The van der Waals surface area contributed by atoms with Crippen molar-refractivity contribution in [3.05, 3.63) is 35.8 Å². The molecule has 1 amide bonds. The minimum atomic E-state index is -1.64. The number of halogens is 3. The smallest absolute Gasteiger partial charge is 0.238 e. The molecule has 1 unspecified atom stereocenters. The molecule has 3 saturated heterocycles. The average molecular weight is 589 g/mol. The van der Waals surface area contributed by atoms with E-state index in [4.69, 9.17) is 9.47 Å². The highest BCUT2D eigenvalue weighted by atomic mass is 32.2. The maximum atomic E-state index is 13.8. The summed E-state index contributed by atoms with van der Waals surface area (Å²) in [5.41, 5.74) is -2.83. The van der Waals surface area contributed by atoms with Gasteiger partial charge in [0.2, 0.25) is 5.91 Å². The van der Waals surface area contributed by atoms with Crippen LogP contribution in [-0.2, 0) is 14.3 Å². The van der Waals surface area contributed by atoms with E-state index in [1.54, 1.807) is 4.90 Å². The zero-order valence-corrected chi connectivity index (χ0v) is 22.4. The maximum absolute atomic E-state index is 13.8. The molecule has 5 rings (SSSR count). The number of amides is 1. The first-order valence-electron chi connectivity index (χ1n) is 13.0. The summed E-state index contributed by atoms with van der Waals surface area (Å²) in [5, 5.41) is 50.4. The first kappa shape index (κ1) is 29.2. The van der Waals surface area contributed by atoms with Gasteiger partial charge in [-0.3, -0.25) is 4.79 Å². The van der Waals surface area contributed by atoms with E-state index in [-0.39, 0.29) is 43.2 Å². The van der Waals surface area contributed by atoms with E-state index in [1.165, 1.54) is 6.20 Å². The molecule has 6 atom stereocenters. The number of likely N-dealkylation sites (tertiary alicyclic amines) is 1. The topological polar surface area (TPSA) is 150 Å². The Hall–Kier alpha value is -2.27. The Morgan fingerprint density at radius 1 is 1.18 bits per heavy atom. The van der Waals surface area contributed by atoms with Crippen molar-refractivity contribution in [2.24, 2.45) is 5.92 Å². The largest absolute Gasteiger partial charge is 0.394 e. The van der Waals surface area contributed by atoms with E-state index >= 15 is 0 Å². The van der Waals surface area contributed by atoms with Crippen molar-refractivity contribution < 1.29 is 47.9 Å². The number of benzene rings is 1. The van der Waals surface area contributed by atoms with Crippen molar-refractivity contribution in [1.29, 1.82) is 0 Å². The van der Waals surface area contributed by atoms with E-state index in [0.717, 1.165) is 28.6 Å². The molecule has 0 saturated carbocycles. The third-order valence-corrected chi connectivity index (χ3v) is 9.23. The van der Waals surface area contributed by atoms with Gasteiger partial charge < -0.3 is 34.8 Å². The second-order valence-electron chi connectivity index (χ2n) is 10.6. The van der Waals surface area contributed by atoms with Gasteiger partial charge in [0.25, 0.3) is 0 Å². The molecule has 0 aliphatic carbocycles. The lowest BCUT2D eigenvalue weighted by Crippen LogP contribution is -2.61. The molecule has 40 heavy (non-hydrogen) atoms. The SMILES string of the molecule is CC1CN(C(=O)C(S[C@@H]2O[C@H](CO)[C@H](O)[C@H](n3cc(-c4cc(F)c(F)c(F)c4)nn3)[C@H]2O)C2(O)CCOCC2)C1. The molecule has 220 valence electrons. The second kappa shape index (κ2) is 11.5. The predicted octanol–water partition coefficient (Wildman–Crippen LogP) is 0.464. The van der Waals surface area contributed by atoms with E-state index in [9.17, 15) is 38.4 Å². The van der Waals surface area contributed by atoms with Gasteiger partial charge in [0.05, 0.1) is 18.4 Å². The van der Waals surface area contributed by atoms with Crippen molar-refractivity contribution in [3.8, 4) is 11.3 Å². The third-order valence-electron chi connectivity index (χ3n) is 7.66. The Morgan fingerprint density at radius 3 is 2.42 bits per heavy atom. The highest BCUT2D eigenvalue weighted by Crippen LogP contribution is 2.42. The number of aliphatic hydroxyl groups excluding tert-OH is 3. The molecular formula is C25H31F3N4O7S. The fourth-order valence-electron chi connectivity index (χ4n) is 5.33.